The number of anilines is 1. The topological polar surface area (TPSA) is 81.6 Å². The van der Waals surface area contributed by atoms with Crippen molar-refractivity contribution >= 4 is 16.5 Å². The Bertz CT molecular complexity index is 708. The summed E-state index contributed by atoms with van der Waals surface area (Å²) in [7, 11) is 0. The van der Waals surface area contributed by atoms with Gasteiger partial charge in [0.05, 0.1) is 5.69 Å². The van der Waals surface area contributed by atoms with Crippen LogP contribution in [0.15, 0.2) is 10.2 Å². The second-order valence-corrected chi connectivity index (χ2v) is 4.99. The van der Waals surface area contributed by atoms with E-state index in [9.17, 15) is 4.79 Å². The van der Waals surface area contributed by atoms with Crippen molar-refractivity contribution in [3.8, 4) is 17.3 Å². The molecule has 0 amide bonds. The Kier molecular flexibility index (Phi) is 3.67. The third kappa shape index (κ3) is 2.37. The first-order valence-corrected chi connectivity index (χ1v) is 6.79. The highest BCUT2D eigenvalue weighted by atomic mass is 32.1. The Morgan fingerprint density at radius 1 is 1.53 bits per heavy atom. The molecular formula is C13H14N4OS. The molecule has 19 heavy (non-hydrogen) atoms. The van der Waals surface area contributed by atoms with Gasteiger partial charge in [-0.2, -0.15) is 5.26 Å². The van der Waals surface area contributed by atoms with Crippen LogP contribution in [0.5, 0.6) is 0 Å². The van der Waals surface area contributed by atoms with Crippen molar-refractivity contribution in [3.63, 3.8) is 0 Å². The lowest BCUT2D eigenvalue weighted by Crippen LogP contribution is -2.15. The SMILES string of the molecule is CCNc1nc(-c2c(C)[nH]c(=O)c(C#N)c2C)cs1. The van der Waals surface area contributed by atoms with Crippen LogP contribution in [-0.4, -0.2) is 16.5 Å². The molecule has 2 N–H and O–H groups in total. The summed E-state index contributed by atoms with van der Waals surface area (Å²) in [4.78, 5) is 18.9. The van der Waals surface area contributed by atoms with E-state index >= 15 is 0 Å². The smallest absolute Gasteiger partial charge is 0.266 e. The highest BCUT2D eigenvalue weighted by molar-refractivity contribution is 7.14. The van der Waals surface area contributed by atoms with Gasteiger partial charge >= 0.3 is 0 Å². The van der Waals surface area contributed by atoms with Crippen LogP contribution >= 0.6 is 11.3 Å². The van der Waals surface area contributed by atoms with Gasteiger partial charge in [-0.1, -0.05) is 0 Å². The molecule has 5 nitrogen and oxygen atoms in total. The van der Waals surface area contributed by atoms with Gasteiger partial charge in [0.2, 0.25) is 0 Å². The molecule has 0 aliphatic heterocycles. The molecule has 0 aromatic carbocycles. The normalized spacial score (nSPS) is 10.2. The monoisotopic (exact) mass is 274 g/mol. The maximum Gasteiger partial charge on any atom is 0.266 e. The molecule has 0 spiro atoms. The minimum atomic E-state index is -0.344. The third-order valence-corrected chi connectivity index (χ3v) is 3.65. The maximum absolute atomic E-state index is 11.7. The largest absolute Gasteiger partial charge is 0.362 e. The van der Waals surface area contributed by atoms with Crippen LogP contribution < -0.4 is 10.9 Å². The van der Waals surface area contributed by atoms with Gasteiger partial charge in [-0.25, -0.2) is 4.98 Å². The van der Waals surface area contributed by atoms with Crippen molar-refractivity contribution in [3.05, 3.63) is 32.6 Å². The summed E-state index contributed by atoms with van der Waals surface area (Å²) >= 11 is 1.51. The van der Waals surface area contributed by atoms with Crippen LogP contribution in [0, 0.1) is 25.2 Å². The molecule has 0 aliphatic rings. The molecule has 2 heterocycles. The predicted molar refractivity (Wildman–Crippen MR) is 76.5 cm³/mol. The number of aryl methyl sites for hydroxylation is 1. The fourth-order valence-corrected chi connectivity index (χ4v) is 2.78. The molecule has 2 rings (SSSR count). The van der Waals surface area contributed by atoms with Crippen LogP contribution in [0.2, 0.25) is 0 Å². The zero-order valence-electron chi connectivity index (χ0n) is 11.0. The van der Waals surface area contributed by atoms with Gasteiger partial charge in [0, 0.05) is 23.2 Å². The number of aromatic nitrogens is 2. The first-order valence-electron chi connectivity index (χ1n) is 5.91. The Balaban J connectivity index is 2.62. The molecule has 2 aromatic rings. The number of hydrogen-bond donors (Lipinski definition) is 2. The number of nitrogens with zero attached hydrogens (tertiary/aromatic N) is 2. The number of thiazole rings is 1. The van der Waals surface area contributed by atoms with E-state index in [2.05, 4.69) is 15.3 Å². The number of nitriles is 1. The molecule has 2 aromatic heterocycles. The summed E-state index contributed by atoms with van der Waals surface area (Å²) in [5, 5.41) is 15.0. The van der Waals surface area contributed by atoms with Crippen molar-refractivity contribution in [2.75, 3.05) is 11.9 Å². The van der Waals surface area contributed by atoms with Gasteiger partial charge < -0.3 is 10.3 Å². The van der Waals surface area contributed by atoms with Gasteiger partial charge in [-0.3, -0.25) is 4.79 Å². The third-order valence-electron chi connectivity index (χ3n) is 2.85. The van der Waals surface area contributed by atoms with Crippen LogP contribution in [0.1, 0.15) is 23.7 Å². The molecular weight excluding hydrogens is 260 g/mol. The maximum atomic E-state index is 11.7. The van der Waals surface area contributed by atoms with E-state index in [4.69, 9.17) is 5.26 Å². The Hall–Kier alpha value is -2.13. The molecule has 0 bridgehead atoms. The molecule has 0 aliphatic carbocycles. The number of pyridine rings is 1. The number of aromatic amines is 1. The standard InChI is InChI=1S/C13H14N4OS/c1-4-15-13-17-10(6-19-13)11-7(2)9(5-14)12(18)16-8(11)3/h6H,4H2,1-3H3,(H,15,17)(H,16,18). The summed E-state index contributed by atoms with van der Waals surface area (Å²) in [6.45, 7) is 6.41. The van der Waals surface area contributed by atoms with E-state index in [-0.39, 0.29) is 11.1 Å². The lowest BCUT2D eigenvalue weighted by Gasteiger charge is -2.08. The number of hydrogen-bond acceptors (Lipinski definition) is 5. The highest BCUT2D eigenvalue weighted by Crippen LogP contribution is 2.29. The lowest BCUT2D eigenvalue weighted by atomic mass is 10.0. The van der Waals surface area contributed by atoms with Gasteiger partial charge in [-0.05, 0) is 26.3 Å². The van der Waals surface area contributed by atoms with E-state index in [1.807, 2.05) is 25.3 Å². The minimum absolute atomic E-state index is 0.151. The van der Waals surface area contributed by atoms with Crippen LogP contribution in [-0.2, 0) is 0 Å². The zero-order valence-corrected chi connectivity index (χ0v) is 11.8. The van der Waals surface area contributed by atoms with E-state index < -0.39 is 0 Å². The summed E-state index contributed by atoms with van der Waals surface area (Å²) in [6, 6.07) is 1.95. The van der Waals surface area contributed by atoms with Crippen LogP contribution in [0.3, 0.4) is 0 Å². The number of nitrogens with one attached hydrogen (secondary N) is 2. The quantitative estimate of drug-likeness (QED) is 0.900. The van der Waals surface area contributed by atoms with E-state index in [1.165, 1.54) is 11.3 Å². The van der Waals surface area contributed by atoms with Crippen LogP contribution in [0.25, 0.3) is 11.3 Å². The van der Waals surface area contributed by atoms with Crippen molar-refractivity contribution in [2.45, 2.75) is 20.8 Å². The average Bonchev–Trinajstić information content (AvgIpc) is 2.78. The van der Waals surface area contributed by atoms with Gasteiger partial charge in [0.15, 0.2) is 5.13 Å². The predicted octanol–water partition coefficient (Wildman–Crippen LogP) is 2.42. The lowest BCUT2D eigenvalue weighted by molar-refractivity contribution is 1.10. The first kappa shape index (κ1) is 13.3. The van der Waals surface area contributed by atoms with Crippen LogP contribution in [0.4, 0.5) is 5.13 Å². The van der Waals surface area contributed by atoms with E-state index in [1.54, 1.807) is 6.92 Å². The Labute approximate surface area is 114 Å². The van der Waals surface area contributed by atoms with Crippen molar-refractivity contribution in [2.24, 2.45) is 0 Å². The Morgan fingerprint density at radius 3 is 2.89 bits per heavy atom. The van der Waals surface area contributed by atoms with Gasteiger partial charge in [0.1, 0.15) is 11.6 Å². The molecule has 0 fully saturated rings. The second-order valence-electron chi connectivity index (χ2n) is 4.13. The Morgan fingerprint density at radius 2 is 2.26 bits per heavy atom. The fraction of sp³-hybridized carbons (Fsp3) is 0.308. The number of H-pyrrole nitrogens is 1. The average molecular weight is 274 g/mol. The van der Waals surface area contributed by atoms with Gasteiger partial charge in [-0.15, -0.1) is 11.3 Å². The minimum Gasteiger partial charge on any atom is -0.362 e. The zero-order chi connectivity index (χ0) is 14.0. The molecule has 98 valence electrons. The van der Waals surface area contributed by atoms with E-state index in [0.29, 0.717) is 5.56 Å². The molecule has 0 radical (unpaired) electrons. The molecule has 0 saturated carbocycles. The van der Waals surface area contributed by atoms with Crippen molar-refractivity contribution in [1.29, 1.82) is 5.26 Å². The van der Waals surface area contributed by atoms with Gasteiger partial charge in [0.25, 0.3) is 5.56 Å². The summed E-state index contributed by atoms with van der Waals surface area (Å²) < 4.78 is 0. The molecule has 6 heteroatoms. The van der Waals surface area contributed by atoms with Crippen molar-refractivity contribution in [1.82, 2.24) is 9.97 Å². The highest BCUT2D eigenvalue weighted by Gasteiger charge is 2.15. The summed E-state index contributed by atoms with van der Waals surface area (Å²) in [6.07, 6.45) is 0. The molecule has 0 atom stereocenters. The summed E-state index contributed by atoms with van der Waals surface area (Å²) in [5.41, 5.74) is 2.83. The second kappa shape index (κ2) is 5.24. The fourth-order valence-electron chi connectivity index (χ4n) is 2.01. The molecule has 0 unspecified atom stereocenters. The summed E-state index contributed by atoms with van der Waals surface area (Å²) in [5.74, 6) is 0. The number of rotatable bonds is 3. The molecule has 0 saturated heterocycles. The first-order chi connectivity index (χ1) is 9.08. The van der Waals surface area contributed by atoms with E-state index in [0.717, 1.165) is 28.6 Å². The van der Waals surface area contributed by atoms with Crippen molar-refractivity contribution < 1.29 is 0 Å².